The van der Waals surface area contributed by atoms with Gasteiger partial charge in [-0.15, -0.1) is 0 Å². The summed E-state index contributed by atoms with van der Waals surface area (Å²) in [7, 11) is -3.06. The number of benzene rings is 1. The van der Waals surface area contributed by atoms with Crippen LogP contribution in [0.2, 0.25) is 0 Å². The molecule has 1 unspecified atom stereocenters. The highest BCUT2D eigenvalue weighted by Crippen LogP contribution is 2.26. The number of hydrogen-bond donors (Lipinski definition) is 0. The van der Waals surface area contributed by atoms with Crippen LogP contribution in [0.1, 0.15) is 6.42 Å². The Balaban J connectivity index is 1.78. The van der Waals surface area contributed by atoms with E-state index >= 15 is 0 Å². The summed E-state index contributed by atoms with van der Waals surface area (Å²) in [5, 5.41) is 0.776. The zero-order chi connectivity index (χ0) is 17.0. The summed E-state index contributed by atoms with van der Waals surface area (Å²) in [5.41, 5.74) is 0.742. The Kier molecular flexibility index (Phi) is 5.20. The zero-order valence-electron chi connectivity index (χ0n) is 13.0. The van der Waals surface area contributed by atoms with E-state index in [1.165, 1.54) is 11.8 Å². The van der Waals surface area contributed by atoms with Crippen LogP contribution in [-0.2, 0) is 14.6 Å². The van der Waals surface area contributed by atoms with E-state index in [0.29, 0.717) is 6.42 Å². The first-order chi connectivity index (χ1) is 11.6. The van der Waals surface area contributed by atoms with Crippen LogP contribution in [0.15, 0.2) is 59.8 Å². The van der Waals surface area contributed by atoms with Gasteiger partial charge in [0, 0.05) is 11.9 Å². The molecule has 1 aliphatic heterocycles. The van der Waals surface area contributed by atoms with Crippen LogP contribution in [0.5, 0.6) is 0 Å². The predicted molar refractivity (Wildman–Crippen MR) is 95.9 cm³/mol. The van der Waals surface area contributed by atoms with Gasteiger partial charge in [0.25, 0.3) is 0 Å². The van der Waals surface area contributed by atoms with E-state index in [1.807, 2.05) is 48.5 Å². The van der Waals surface area contributed by atoms with Gasteiger partial charge in [-0.25, -0.2) is 13.4 Å². The molecule has 2 aromatic rings. The van der Waals surface area contributed by atoms with Crippen molar-refractivity contribution in [1.82, 2.24) is 4.98 Å². The van der Waals surface area contributed by atoms with Gasteiger partial charge in [-0.3, -0.25) is 4.79 Å². The fourth-order valence-electron chi connectivity index (χ4n) is 2.76. The van der Waals surface area contributed by atoms with Gasteiger partial charge in [0.1, 0.15) is 0 Å². The van der Waals surface area contributed by atoms with Crippen LogP contribution in [-0.4, -0.2) is 42.6 Å². The highest BCUT2D eigenvalue weighted by Gasteiger charge is 2.35. The monoisotopic (exact) mass is 362 g/mol. The van der Waals surface area contributed by atoms with E-state index in [0.717, 1.165) is 10.7 Å². The first-order valence-corrected chi connectivity index (χ1v) is 10.5. The van der Waals surface area contributed by atoms with Gasteiger partial charge in [0.15, 0.2) is 9.84 Å². The van der Waals surface area contributed by atoms with Gasteiger partial charge in [0.2, 0.25) is 5.91 Å². The lowest BCUT2D eigenvalue weighted by atomic mass is 10.2. The van der Waals surface area contributed by atoms with E-state index in [1.54, 1.807) is 11.1 Å². The van der Waals surface area contributed by atoms with Crippen molar-refractivity contribution < 1.29 is 13.2 Å². The summed E-state index contributed by atoms with van der Waals surface area (Å²) in [4.78, 5) is 18.6. The molecule has 1 atom stereocenters. The molecule has 0 spiro atoms. The number of pyridine rings is 1. The summed E-state index contributed by atoms with van der Waals surface area (Å²) in [6.07, 6.45) is 2.17. The molecule has 5 nitrogen and oxygen atoms in total. The van der Waals surface area contributed by atoms with E-state index in [-0.39, 0.29) is 29.2 Å². The molecule has 1 aromatic heterocycles. The molecule has 126 valence electrons. The lowest BCUT2D eigenvalue weighted by Gasteiger charge is -2.28. The molecule has 7 heteroatoms. The van der Waals surface area contributed by atoms with Crippen molar-refractivity contribution >= 4 is 33.2 Å². The first kappa shape index (κ1) is 17.0. The van der Waals surface area contributed by atoms with Crippen LogP contribution in [0.3, 0.4) is 0 Å². The average Bonchev–Trinajstić information content (AvgIpc) is 2.95. The van der Waals surface area contributed by atoms with Crippen LogP contribution < -0.4 is 4.90 Å². The zero-order valence-corrected chi connectivity index (χ0v) is 14.7. The molecular formula is C17H18N2O3S2. The number of amides is 1. The SMILES string of the molecule is O=C(CSc1ccccn1)N(c1ccccc1)C1CCS(=O)(=O)C1. The lowest BCUT2D eigenvalue weighted by Crippen LogP contribution is -2.42. The third-order valence-electron chi connectivity index (χ3n) is 3.86. The molecule has 0 bridgehead atoms. The highest BCUT2D eigenvalue weighted by atomic mass is 32.2. The molecule has 1 amide bonds. The average molecular weight is 362 g/mol. The number of anilines is 1. The van der Waals surface area contributed by atoms with Gasteiger partial charge in [-0.2, -0.15) is 0 Å². The summed E-state index contributed by atoms with van der Waals surface area (Å²) >= 11 is 1.36. The molecule has 0 radical (unpaired) electrons. The molecule has 0 N–H and O–H groups in total. The quantitative estimate of drug-likeness (QED) is 0.764. The number of para-hydroxylation sites is 1. The number of nitrogens with zero attached hydrogens (tertiary/aromatic N) is 2. The normalized spacial score (nSPS) is 19.1. The third kappa shape index (κ3) is 4.15. The molecule has 0 aliphatic carbocycles. The van der Waals surface area contributed by atoms with Crippen LogP contribution in [0.4, 0.5) is 5.69 Å². The smallest absolute Gasteiger partial charge is 0.237 e. The van der Waals surface area contributed by atoms with Gasteiger partial charge in [-0.1, -0.05) is 36.0 Å². The molecular weight excluding hydrogens is 344 g/mol. The number of aromatic nitrogens is 1. The minimum atomic E-state index is -3.06. The van der Waals surface area contributed by atoms with Crippen molar-refractivity contribution in [3.63, 3.8) is 0 Å². The van der Waals surface area contributed by atoms with Crippen LogP contribution >= 0.6 is 11.8 Å². The Morgan fingerprint density at radius 1 is 1.17 bits per heavy atom. The summed E-state index contributed by atoms with van der Waals surface area (Å²) < 4.78 is 23.7. The van der Waals surface area contributed by atoms with Crippen LogP contribution in [0, 0.1) is 0 Å². The Morgan fingerprint density at radius 2 is 1.92 bits per heavy atom. The highest BCUT2D eigenvalue weighted by molar-refractivity contribution is 7.99. The van der Waals surface area contributed by atoms with Crippen molar-refractivity contribution in [3.05, 3.63) is 54.7 Å². The molecule has 0 saturated carbocycles. The molecule has 1 aromatic carbocycles. The number of carbonyl (C=O) groups excluding carboxylic acids is 1. The molecule has 24 heavy (non-hydrogen) atoms. The maximum absolute atomic E-state index is 12.8. The van der Waals surface area contributed by atoms with Gasteiger partial charge < -0.3 is 4.90 Å². The molecule has 2 heterocycles. The Bertz CT molecular complexity index is 795. The number of rotatable bonds is 5. The minimum Gasteiger partial charge on any atom is -0.308 e. The topological polar surface area (TPSA) is 67.3 Å². The number of sulfone groups is 1. The fourth-order valence-corrected chi connectivity index (χ4v) is 5.18. The first-order valence-electron chi connectivity index (χ1n) is 7.66. The van der Waals surface area contributed by atoms with Crippen molar-refractivity contribution in [1.29, 1.82) is 0 Å². The van der Waals surface area contributed by atoms with E-state index in [9.17, 15) is 13.2 Å². The van der Waals surface area contributed by atoms with Crippen LogP contribution in [0.25, 0.3) is 0 Å². The van der Waals surface area contributed by atoms with E-state index in [4.69, 9.17) is 0 Å². The second-order valence-corrected chi connectivity index (χ2v) is 8.84. The molecule has 1 saturated heterocycles. The summed E-state index contributed by atoms with van der Waals surface area (Å²) in [6, 6.07) is 14.5. The van der Waals surface area contributed by atoms with Crippen molar-refractivity contribution in [2.45, 2.75) is 17.5 Å². The fraction of sp³-hybridized carbons (Fsp3) is 0.294. The maximum Gasteiger partial charge on any atom is 0.237 e. The van der Waals surface area contributed by atoms with Gasteiger partial charge >= 0.3 is 0 Å². The number of carbonyl (C=O) groups is 1. The standard InChI is InChI=1S/C17H18N2O3S2/c20-17(12-23-16-8-4-5-10-18-16)19(14-6-2-1-3-7-14)15-9-11-24(21,22)13-15/h1-8,10,15H,9,11-13H2. The van der Waals surface area contributed by atoms with E-state index in [2.05, 4.69) is 4.98 Å². The predicted octanol–water partition coefficient (Wildman–Crippen LogP) is 2.39. The molecule has 1 aliphatic rings. The largest absolute Gasteiger partial charge is 0.308 e. The van der Waals surface area contributed by atoms with Crippen molar-refractivity contribution in [3.8, 4) is 0 Å². The Labute approximate surface area is 146 Å². The lowest BCUT2D eigenvalue weighted by molar-refractivity contribution is -0.116. The van der Waals surface area contributed by atoms with Gasteiger partial charge in [-0.05, 0) is 30.7 Å². The molecule has 1 fully saturated rings. The second kappa shape index (κ2) is 7.36. The Hall–Kier alpha value is -1.86. The Morgan fingerprint density at radius 3 is 2.54 bits per heavy atom. The van der Waals surface area contributed by atoms with E-state index < -0.39 is 9.84 Å². The summed E-state index contributed by atoms with van der Waals surface area (Å²) in [5.74, 6) is 0.297. The van der Waals surface area contributed by atoms with Crippen molar-refractivity contribution in [2.24, 2.45) is 0 Å². The minimum absolute atomic E-state index is 0.0297. The molecule has 3 rings (SSSR count). The van der Waals surface area contributed by atoms with Gasteiger partial charge in [0.05, 0.1) is 28.3 Å². The number of thioether (sulfide) groups is 1. The third-order valence-corrected chi connectivity index (χ3v) is 6.54. The van der Waals surface area contributed by atoms with Crippen molar-refractivity contribution in [2.75, 3.05) is 22.2 Å². The second-order valence-electron chi connectivity index (χ2n) is 5.61. The summed E-state index contributed by atoms with van der Waals surface area (Å²) in [6.45, 7) is 0. The maximum atomic E-state index is 12.8. The number of hydrogen-bond acceptors (Lipinski definition) is 5.